The van der Waals surface area contributed by atoms with Crippen LogP contribution in [0, 0.1) is 6.92 Å². The molecule has 5 heteroatoms. The van der Waals surface area contributed by atoms with Crippen LogP contribution in [0.4, 0.5) is 11.4 Å². The summed E-state index contributed by atoms with van der Waals surface area (Å²) in [5.41, 5.74) is 4.58. The molecule has 0 aliphatic rings. The van der Waals surface area contributed by atoms with E-state index in [1.54, 1.807) is 0 Å². The molecule has 0 spiro atoms. The third-order valence-electron chi connectivity index (χ3n) is 2.57. The molecule has 0 saturated heterocycles. The second kappa shape index (κ2) is 5.14. The standard InChI is InChI=1S/C12H16N4S/c1-9-4-5-10(6-12(9)16(2)3)13-7-11-8-17-15-14-11/h4-6,8,13H,7H2,1-3H3. The number of hydrogen-bond donors (Lipinski definition) is 1. The van der Waals surface area contributed by atoms with Gasteiger partial charge in [-0.05, 0) is 36.2 Å². The van der Waals surface area contributed by atoms with E-state index >= 15 is 0 Å². The van der Waals surface area contributed by atoms with Gasteiger partial charge in [-0.3, -0.25) is 0 Å². The number of benzene rings is 1. The number of anilines is 2. The lowest BCUT2D eigenvalue weighted by atomic mass is 10.1. The van der Waals surface area contributed by atoms with Gasteiger partial charge >= 0.3 is 0 Å². The molecule has 2 rings (SSSR count). The third-order valence-corrected chi connectivity index (χ3v) is 3.12. The van der Waals surface area contributed by atoms with Crippen molar-refractivity contribution in [2.75, 3.05) is 24.3 Å². The van der Waals surface area contributed by atoms with Crippen LogP contribution in [-0.4, -0.2) is 23.7 Å². The van der Waals surface area contributed by atoms with Crippen LogP contribution in [0.2, 0.25) is 0 Å². The first kappa shape index (κ1) is 11.9. The molecule has 1 aromatic carbocycles. The Morgan fingerprint density at radius 3 is 2.82 bits per heavy atom. The van der Waals surface area contributed by atoms with Crippen molar-refractivity contribution in [3.05, 3.63) is 34.8 Å². The molecule has 0 radical (unpaired) electrons. The lowest BCUT2D eigenvalue weighted by Gasteiger charge is -2.17. The highest BCUT2D eigenvalue weighted by molar-refractivity contribution is 7.03. The van der Waals surface area contributed by atoms with Gasteiger partial charge in [-0.15, -0.1) is 5.10 Å². The molecule has 17 heavy (non-hydrogen) atoms. The van der Waals surface area contributed by atoms with Gasteiger partial charge in [-0.25, -0.2) is 0 Å². The molecule has 90 valence electrons. The minimum absolute atomic E-state index is 0.715. The molecule has 0 amide bonds. The van der Waals surface area contributed by atoms with E-state index in [0.29, 0.717) is 6.54 Å². The average Bonchev–Trinajstić information content (AvgIpc) is 2.80. The molecule has 4 nitrogen and oxygen atoms in total. The van der Waals surface area contributed by atoms with Crippen molar-refractivity contribution < 1.29 is 0 Å². The number of aromatic nitrogens is 2. The van der Waals surface area contributed by atoms with Crippen molar-refractivity contribution in [3.63, 3.8) is 0 Å². The molecule has 0 saturated carbocycles. The molecule has 0 aliphatic carbocycles. The zero-order valence-electron chi connectivity index (χ0n) is 10.3. The van der Waals surface area contributed by atoms with E-state index in [1.807, 2.05) is 5.38 Å². The number of nitrogens with zero attached hydrogens (tertiary/aromatic N) is 3. The normalized spacial score (nSPS) is 10.3. The summed E-state index contributed by atoms with van der Waals surface area (Å²) >= 11 is 1.38. The Morgan fingerprint density at radius 1 is 1.35 bits per heavy atom. The van der Waals surface area contributed by atoms with E-state index in [1.165, 1.54) is 22.8 Å². The summed E-state index contributed by atoms with van der Waals surface area (Å²) in [5.74, 6) is 0. The smallest absolute Gasteiger partial charge is 0.0946 e. The largest absolute Gasteiger partial charge is 0.379 e. The van der Waals surface area contributed by atoms with E-state index < -0.39 is 0 Å². The van der Waals surface area contributed by atoms with E-state index in [0.717, 1.165) is 11.4 Å². The van der Waals surface area contributed by atoms with Gasteiger partial charge in [0.15, 0.2) is 0 Å². The summed E-state index contributed by atoms with van der Waals surface area (Å²) in [7, 11) is 4.10. The molecule has 0 bridgehead atoms. The van der Waals surface area contributed by atoms with Crippen molar-refractivity contribution in [1.82, 2.24) is 9.59 Å². The van der Waals surface area contributed by atoms with Gasteiger partial charge in [-0.1, -0.05) is 10.6 Å². The summed E-state index contributed by atoms with van der Waals surface area (Å²) in [6, 6.07) is 6.36. The zero-order valence-corrected chi connectivity index (χ0v) is 11.1. The molecule has 0 fully saturated rings. The van der Waals surface area contributed by atoms with Crippen LogP contribution in [0.3, 0.4) is 0 Å². The van der Waals surface area contributed by atoms with Gasteiger partial charge < -0.3 is 10.2 Å². The molecule has 0 unspecified atom stereocenters. The summed E-state index contributed by atoms with van der Waals surface area (Å²) in [4.78, 5) is 2.12. The zero-order chi connectivity index (χ0) is 12.3. The van der Waals surface area contributed by atoms with Gasteiger partial charge in [0, 0.05) is 30.9 Å². The monoisotopic (exact) mass is 248 g/mol. The maximum absolute atomic E-state index is 4.00. The van der Waals surface area contributed by atoms with Crippen molar-refractivity contribution in [3.8, 4) is 0 Å². The minimum Gasteiger partial charge on any atom is -0.379 e. The van der Waals surface area contributed by atoms with Crippen LogP contribution in [0.15, 0.2) is 23.6 Å². The number of hydrogen-bond acceptors (Lipinski definition) is 5. The topological polar surface area (TPSA) is 41.1 Å². The molecule has 1 N–H and O–H groups in total. The molecule has 1 heterocycles. The Kier molecular flexibility index (Phi) is 3.58. The van der Waals surface area contributed by atoms with Crippen LogP contribution in [0.5, 0.6) is 0 Å². The molecule has 0 atom stereocenters. The highest BCUT2D eigenvalue weighted by atomic mass is 32.1. The van der Waals surface area contributed by atoms with Crippen LogP contribution < -0.4 is 10.2 Å². The van der Waals surface area contributed by atoms with Crippen molar-refractivity contribution >= 4 is 22.9 Å². The maximum atomic E-state index is 4.00. The minimum atomic E-state index is 0.715. The predicted molar refractivity (Wildman–Crippen MR) is 72.7 cm³/mol. The Morgan fingerprint density at radius 2 is 2.18 bits per heavy atom. The van der Waals surface area contributed by atoms with Crippen LogP contribution >= 0.6 is 11.5 Å². The molecular formula is C12H16N4S. The quantitative estimate of drug-likeness (QED) is 0.902. The fraction of sp³-hybridized carbons (Fsp3) is 0.333. The van der Waals surface area contributed by atoms with Crippen molar-refractivity contribution in [1.29, 1.82) is 0 Å². The Bertz CT molecular complexity index is 479. The van der Waals surface area contributed by atoms with E-state index in [-0.39, 0.29) is 0 Å². The Balaban J connectivity index is 2.09. The molecule has 0 aliphatic heterocycles. The molecule has 1 aromatic heterocycles. The molecular weight excluding hydrogens is 232 g/mol. The van der Waals surface area contributed by atoms with Gasteiger partial charge in [0.25, 0.3) is 0 Å². The number of nitrogens with one attached hydrogen (secondary N) is 1. The first-order valence-electron chi connectivity index (χ1n) is 5.44. The first-order chi connectivity index (χ1) is 8.16. The predicted octanol–water partition coefficient (Wildman–Crippen LogP) is 2.52. The average molecular weight is 248 g/mol. The highest BCUT2D eigenvalue weighted by Gasteiger charge is 2.03. The van der Waals surface area contributed by atoms with Crippen LogP contribution in [0.1, 0.15) is 11.3 Å². The third kappa shape index (κ3) is 2.94. The summed E-state index contributed by atoms with van der Waals surface area (Å²) in [6.07, 6.45) is 0. The second-order valence-corrected chi connectivity index (χ2v) is 4.76. The summed E-state index contributed by atoms with van der Waals surface area (Å²) in [5, 5.41) is 9.30. The van der Waals surface area contributed by atoms with Gasteiger partial charge in [-0.2, -0.15) is 0 Å². The highest BCUT2D eigenvalue weighted by Crippen LogP contribution is 2.22. The number of rotatable bonds is 4. The fourth-order valence-electron chi connectivity index (χ4n) is 1.65. The van der Waals surface area contributed by atoms with E-state index in [2.05, 4.69) is 59.0 Å². The summed E-state index contributed by atoms with van der Waals surface area (Å²) in [6.45, 7) is 2.83. The lowest BCUT2D eigenvalue weighted by molar-refractivity contribution is 0.998. The lowest BCUT2D eigenvalue weighted by Crippen LogP contribution is -2.11. The summed E-state index contributed by atoms with van der Waals surface area (Å²) < 4.78 is 3.84. The van der Waals surface area contributed by atoms with Gasteiger partial charge in [0.1, 0.15) is 0 Å². The van der Waals surface area contributed by atoms with Gasteiger partial charge in [0.2, 0.25) is 0 Å². The van der Waals surface area contributed by atoms with Crippen LogP contribution in [0.25, 0.3) is 0 Å². The molecule has 2 aromatic rings. The number of aryl methyl sites for hydroxylation is 1. The SMILES string of the molecule is Cc1ccc(NCc2csnn2)cc1N(C)C. The second-order valence-electron chi connectivity index (χ2n) is 4.15. The fourth-order valence-corrected chi connectivity index (χ4v) is 2.11. The van der Waals surface area contributed by atoms with E-state index in [9.17, 15) is 0 Å². The van der Waals surface area contributed by atoms with E-state index in [4.69, 9.17) is 0 Å². The Hall–Kier alpha value is -1.62. The van der Waals surface area contributed by atoms with Crippen LogP contribution in [-0.2, 0) is 6.54 Å². The Labute approximate surface area is 105 Å². The van der Waals surface area contributed by atoms with Crippen molar-refractivity contribution in [2.45, 2.75) is 13.5 Å². The van der Waals surface area contributed by atoms with Crippen molar-refractivity contribution in [2.24, 2.45) is 0 Å². The van der Waals surface area contributed by atoms with Gasteiger partial charge in [0.05, 0.1) is 12.2 Å². The first-order valence-corrected chi connectivity index (χ1v) is 6.28. The maximum Gasteiger partial charge on any atom is 0.0946 e.